The van der Waals surface area contributed by atoms with Crippen molar-refractivity contribution in [2.24, 2.45) is 0 Å². The van der Waals surface area contributed by atoms with Gasteiger partial charge in [0.05, 0.1) is 16.6 Å². The van der Waals surface area contributed by atoms with Gasteiger partial charge in [-0.3, -0.25) is 14.6 Å². The zero-order chi connectivity index (χ0) is 14.6. The Bertz CT molecular complexity index is 813. The number of H-pyrrole nitrogens is 1. The van der Waals surface area contributed by atoms with Gasteiger partial charge in [-0.25, -0.2) is 4.79 Å². The predicted octanol–water partition coefficient (Wildman–Crippen LogP) is 0.226. The van der Waals surface area contributed by atoms with Gasteiger partial charge in [0, 0.05) is 19.5 Å². The minimum atomic E-state index is -0.576. The molecule has 2 aliphatic heterocycles. The van der Waals surface area contributed by atoms with Crippen molar-refractivity contribution in [3.05, 3.63) is 34.3 Å². The van der Waals surface area contributed by atoms with E-state index in [-0.39, 0.29) is 17.4 Å². The molecule has 2 aliphatic rings. The van der Waals surface area contributed by atoms with E-state index in [1.54, 1.807) is 23.1 Å². The zero-order valence-corrected chi connectivity index (χ0v) is 11.1. The second-order valence-corrected chi connectivity index (χ2v) is 5.68. The summed E-state index contributed by atoms with van der Waals surface area (Å²) < 4.78 is 4.96. The summed E-state index contributed by atoms with van der Waals surface area (Å²) >= 11 is 0. The number of para-hydroxylation sites is 1. The van der Waals surface area contributed by atoms with E-state index in [0.29, 0.717) is 36.2 Å². The third-order valence-corrected chi connectivity index (χ3v) is 4.20. The van der Waals surface area contributed by atoms with Crippen LogP contribution in [-0.4, -0.2) is 40.3 Å². The van der Waals surface area contributed by atoms with Crippen molar-refractivity contribution in [3.8, 4) is 0 Å². The van der Waals surface area contributed by atoms with Gasteiger partial charge in [0.1, 0.15) is 0 Å². The first-order chi connectivity index (χ1) is 10.1. The molecule has 0 saturated carbocycles. The zero-order valence-electron chi connectivity index (χ0n) is 11.1. The van der Waals surface area contributed by atoms with Gasteiger partial charge in [-0.2, -0.15) is 0 Å². The van der Waals surface area contributed by atoms with E-state index >= 15 is 0 Å². The minimum absolute atomic E-state index is 0.0448. The Morgan fingerprint density at radius 2 is 2.10 bits per heavy atom. The maximum atomic E-state index is 12.5. The van der Waals surface area contributed by atoms with E-state index in [0.717, 1.165) is 6.42 Å². The third kappa shape index (κ3) is 1.77. The molecule has 21 heavy (non-hydrogen) atoms. The minimum Gasteiger partial charge on any atom is -0.408 e. The summed E-state index contributed by atoms with van der Waals surface area (Å²) in [4.78, 5) is 39.3. The Morgan fingerprint density at radius 3 is 2.81 bits per heavy atom. The molecule has 1 aromatic carbocycles. The van der Waals surface area contributed by atoms with Crippen molar-refractivity contribution in [2.75, 3.05) is 13.1 Å². The van der Waals surface area contributed by atoms with Gasteiger partial charge in [-0.1, -0.05) is 6.07 Å². The standard InChI is InChI=1S/C14H13N3O4/c18-10-4-5-14(16-10)6-17(7-14)12(19)8-2-1-3-9-11(8)15-13(20)21-9/h1-3H,4-7H2,(H,15,20)(H,16,18). The van der Waals surface area contributed by atoms with Gasteiger partial charge in [-0.15, -0.1) is 0 Å². The number of hydrogen-bond donors (Lipinski definition) is 2. The number of aromatic amines is 1. The molecule has 2 saturated heterocycles. The number of amides is 2. The molecule has 2 fully saturated rings. The van der Waals surface area contributed by atoms with Crippen molar-refractivity contribution in [1.82, 2.24) is 15.2 Å². The molecule has 2 aromatic rings. The molecule has 1 spiro atoms. The Hall–Kier alpha value is -2.57. The number of nitrogens with zero attached hydrogens (tertiary/aromatic N) is 1. The molecule has 0 unspecified atom stereocenters. The highest BCUT2D eigenvalue weighted by Gasteiger charge is 2.49. The Morgan fingerprint density at radius 1 is 1.29 bits per heavy atom. The fourth-order valence-corrected chi connectivity index (χ4v) is 3.16. The van der Waals surface area contributed by atoms with E-state index in [1.165, 1.54) is 0 Å². The highest BCUT2D eigenvalue weighted by Crippen LogP contribution is 2.32. The summed E-state index contributed by atoms with van der Waals surface area (Å²) in [5.74, 6) is -0.693. The Kier molecular flexibility index (Phi) is 2.30. The van der Waals surface area contributed by atoms with Gasteiger partial charge in [0.25, 0.3) is 5.91 Å². The SMILES string of the molecule is O=C1CCC2(CN(C(=O)c3cccc4oc(=O)[nH]c34)C2)N1. The van der Waals surface area contributed by atoms with Crippen LogP contribution in [0.15, 0.2) is 27.4 Å². The monoisotopic (exact) mass is 287 g/mol. The smallest absolute Gasteiger partial charge is 0.408 e. The molecule has 1 aromatic heterocycles. The molecule has 4 rings (SSSR count). The summed E-state index contributed by atoms with van der Waals surface area (Å²) in [6.45, 7) is 1.02. The highest BCUT2D eigenvalue weighted by molar-refractivity contribution is 6.04. The number of hydrogen-bond acceptors (Lipinski definition) is 4. The van der Waals surface area contributed by atoms with Crippen molar-refractivity contribution in [2.45, 2.75) is 18.4 Å². The molecule has 7 nitrogen and oxygen atoms in total. The van der Waals surface area contributed by atoms with Crippen molar-refractivity contribution < 1.29 is 14.0 Å². The van der Waals surface area contributed by atoms with Crippen molar-refractivity contribution in [3.63, 3.8) is 0 Å². The summed E-state index contributed by atoms with van der Waals surface area (Å²) in [7, 11) is 0. The quantitative estimate of drug-likeness (QED) is 0.784. The fraction of sp³-hybridized carbons (Fsp3) is 0.357. The molecule has 3 heterocycles. The number of rotatable bonds is 1. The molecular formula is C14H13N3O4. The molecule has 0 aliphatic carbocycles. The van der Waals surface area contributed by atoms with Gasteiger partial charge in [0.2, 0.25) is 5.91 Å². The third-order valence-electron chi connectivity index (χ3n) is 4.20. The van der Waals surface area contributed by atoms with Crippen LogP contribution in [0.4, 0.5) is 0 Å². The number of carbonyl (C=O) groups is 2. The van der Waals surface area contributed by atoms with Crippen LogP contribution in [-0.2, 0) is 4.79 Å². The molecule has 0 bridgehead atoms. The lowest BCUT2D eigenvalue weighted by Crippen LogP contribution is -2.68. The summed E-state index contributed by atoms with van der Waals surface area (Å²) in [5, 5.41) is 2.94. The van der Waals surface area contributed by atoms with Gasteiger partial charge >= 0.3 is 5.76 Å². The first-order valence-electron chi connectivity index (χ1n) is 6.78. The predicted molar refractivity (Wildman–Crippen MR) is 72.8 cm³/mol. The first-order valence-corrected chi connectivity index (χ1v) is 6.78. The van der Waals surface area contributed by atoms with Crippen LogP contribution in [0.25, 0.3) is 11.1 Å². The number of aromatic nitrogens is 1. The molecule has 0 atom stereocenters. The number of oxazole rings is 1. The fourth-order valence-electron chi connectivity index (χ4n) is 3.16. The second-order valence-electron chi connectivity index (χ2n) is 5.68. The molecule has 7 heteroatoms. The average molecular weight is 287 g/mol. The topological polar surface area (TPSA) is 95.4 Å². The normalized spacial score (nSPS) is 19.8. The first kappa shape index (κ1) is 12.2. The van der Waals surface area contributed by atoms with E-state index in [4.69, 9.17) is 4.42 Å². The van der Waals surface area contributed by atoms with E-state index < -0.39 is 5.76 Å². The lowest BCUT2D eigenvalue weighted by Gasteiger charge is -2.47. The van der Waals surface area contributed by atoms with Crippen LogP contribution in [0.2, 0.25) is 0 Å². The number of carbonyl (C=O) groups excluding carboxylic acids is 2. The van der Waals surface area contributed by atoms with E-state index in [2.05, 4.69) is 10.3 Å². The number of fused-ring (bicyclic) bond motifs is 1. The summed E-state index contributed by atoms with van der Waals surface area (Å²) in [6, 6.07) is 4.98. The molecular weight excluding hydrogens is 274 g/mol. The average Bonchev–Trinajstić information content (AvgIpc) is 2.97. The van der Waals surface area contributed by atoms with Crippen LogP contribution in [0.1, 0.15) is 23.2 Å². The van der Waals surface area contributed by atoms with Crippen LogP contribution >= 0.6 is 0 Å². The lowest BCUT2D eigenvalue weighted by atomic mass is 9.87. The van der Waals surface area contributed by atoms with Gasteiger partial charge in [0.15, 0.2) is 5.58 Å². The van der Waals surface area contributed by atoms with Crippen molar-refractivity contribution in [1.29, 1.82) is 0 Å². The van der Waals surface area contributed by atoms with Gasteiger partial charge in [-0.05, 0) is 18.6 Å². The number of likely N-dealkylation sites (tertiary alicyclic amines) is 1. The van der Waals surface area contributed by atoms with Crippen LogP contribution < -0.4 is 11.1 Å². The molecule has 2 N–H and O–H groups in total. The molecule has 2 amide bonds. The molecule has 108 valence electrons. The molecule has 0 radical (unpaired) electrons. The largest absolute Gasteiger partial charge is 0.417 e. The van der Waals surface area contributed by atoms with E-state index in [1.807, 2.05) is 0 Å². The number of nitrogens with one attached hydrogen (secondary N) is 2. The number of benzene rings is 1. The summed E-state index contributed by atoms with van der Waals surface area (Å²) in [5.41, 5.74) is 0.960. The lowest BCUT2D eigenvalue weighted by molar-refractivity contribution is -0.120. The maximum Gasteiger partial charge on any atom is 0.417 e. The highest BCUT2D eigenvalue weighted by atomic mass is 16.4. The van der Waals surface area contributed by atoms with Crippen LogP contribution in [0, 0.1) is 0 Å². The van der Waals surface area contributed by atoms with Gasteiger partial charge < -0.3 is 14.6 Å². The van der Waals surface area contributed by atoms with E-state index in [9.17, 15) is 14.4 Å². The second kappa shape index (κ2) is 3.97. The maximum absolute atomic E-state index is 12.5. The Labute approximate surface area is 118 Å². The van der Waals surface area contributed by atoms with Crippen LogP contribution in [0.3, 0.4) is 0 Å². The Balaban J connectivity index is 1.61. The summed E-state index contributed by atoms with van der Waals surface area (Å²) in [6.07, 6.45) is 1.29. The van der Waals surface area contributed by atoms with Crippen molar-refractivity contribution >= 4 is 22.9 Å². The van der Waals surface area contributed by atoms with Crippen LogP contribution in [0.5, 0.6) is 0 Å².